The van der Waals surface area contributed by atoms with E-state index >= 15 is 0 Å². The number of ether oxygens (including phenoxy) is 1. The highest BCUT2D eigenvalue weighted by molar-refractivity contribution is 6.04. The third-order valence-electron chi connectivity index (χ3n) is 3.27. The average molecular weight is 351 g/mol. The number of alkyl halides is 3. The molecule has 7 heteroatoms. The van der Waals surface area contributed by atoms with E-state index in [0.29, 0.717) is 24.3 Å². The van der Waals surface area contributed by atoms with Gasteiger partial charge in [0.25, 0.3) is 5.91 Å². The largest absolute Gasteiger partial charge is 0.462 e. The molecule has 2 aromatic rings. The van der Waals surface area contributed by atoms with Gasteiger partial charge in [0.1, 0.15) is 0 Å². The van der Waals surface area contributed by atoms with Crippen molar-refractivity contribution in [2.75, 3.05) is 11.9 Å². The molecule has 0 radical (unpaired) electrons. The summed E-state index contributed by atoms with van der Waals surface area (Å²) in [5, 5.41) is 2.49. The maximum atomic E-state index is 12.7. The lowest BCUT2D eigenvalue weighted by molar-refractivity contribution is -0.137. The van der Waals surface area contributed by atoms with Crippen LogP contribution >= 0.6 is 0 Å². The Morgan fingerprint density at radius 2 is 1.72 bits per heavy atom. The minimum absolute atomic E-state index is 0.110. The number of carbonyl (C=O) groups is 2. The Kier molecular flexibility index (Phi) is 5.80. The topological polar surface area (TPSA) is 55.4 Å². The van der Waals surface area contributed by atoms with Gasteiger partial charge in [0.2, 0.25) is 0 Å². The first kappa shape index (κ1) is 18.5. The van der Waals surface area contributed by atoms with Crippen LogP contribution in [0.3, 0.4) is 0 Å². The van der Waals surface area contributed by atoms with E-state index in [0.717, 1.165) is 12.1 Å². The third kappa shape index (κ3) is 5.07. The highest BCUT2D eigenvalue weighted by Crippen LogP contribution is 2.29. The fourth-order valence-corrected chi connectivity index (χ4v) is 2.01. The van der Waals surface area contributed by atoms with Crippen LogP contribution in [0.5, 0.6) is 0 Å². The molecule has 132 valence electrons. The maximum Gasteiger partial charge on any atom is 0.416 e. The molecule has 0 saturated heterocycles. The third-order valence-corrected chi connectivity index (χ3v) is 3.27. The number of carbonyl (C=O) groups excluding carboxylic acids is 2. The summed E-state index contributed by atoms with van der Waals surface area (Å²) in [4.78, 5) is 23.8. The Bertz CT molecular complexity index is 755. The minimum atomic E-state index is -4.52. The molecule has 0 heterocycles. The molecule has 0 atom stereocenters. The van der Waals surface area contributed by atoms with Crippen molar-refractivity contribution in [1.29, 1.82) is 0 Å². The van der Waals surface area contributed by atoms with Crippen LogP contribution in [0.4, 0.5) is 18.9 Å². The van der Waals surface area contributed by atoms with Gasteiger partial charge in [-0.1, -0.05) is 13.0 Å². The number of esters is 1. The normalized spacial score (nSPS) is 11.0. The van der Waals surface area contributed by atoms with Crippen LogP contribution in [-0.4, -0.2) is 18.5 Å². The fourth-order valence-electron chi connectivity index (χ4n) is 2.01. The summed E-state index contributed by atoms with van der Waals surface area (Å²) in [5.41, 5.74) is -0.324. The van der Waals surface area contributed by atoms with Crippen molar-refractivity contribution in [3.63, 3.8) is 0 Å². The molecule has 0 unspecified atom stereocenters. The van der Waals surface area contributed by atoms with Gasteiger partial charge in [-0.15, -0.1) is 0 Å². The van der Waals surface area contributed by atoms with Gasteiger partial charge in [-0.2, -0.15) is 13.2 Å². The van der Waals surface area contributed by atoms with Gasteiger partial charge >= 0.3 is 12.1 Å². The van der Waals surface area contributed by atoms with Gasteiger partial charge in [0, 0.05) is 11.3 Å². The smallest absolute Gasteiger partial charge is 0.416 e. The number of nitrogens with one attached hydrogen (secondary N) is 1. The van der Waals surface area contributed by atoms with Crippen LogP contribution in [0.15, 0.2) is 48.5 Å². The molecular weight excluding hydrogens is 335 g/mol. The molecular formula is C18H16F3NO3. The van der Waals surface area contributed by atoms with Crippen molar-refractivity contribution in [1.82, 2.24) is 0 Å². The molecule has 0 aliphatic heterocycles. The molecule has 0 bridgehead atoms. The van der Waals surface area contributed by atoms with Gasteiger partial charge in [0.05, 0.1) is 17.7 Å². The molecule has 1 N–H and O–H groups in total. The van der Waals surface area contributed by atoms with Gasteiger partial charge in [-0.25, -0.2) is 4.79 Å². The monoisotopic (exact) mass is 351 g/mol. The lowest BCUT2D eigenvalue weighted by Crippen LogP contribution is -2.14. The number of hydrogen-bond donors (Lipinski definition) is 1. The van der Waals surface area contributed by atoms with Crippen LogP contribution in [-0.2, 0) is 10.9 Å². The zero-order chi connectivity index (χ0) is 18.4. The van der Waals surface area contributed by atoms with Crippen molar-refractivity contribution < 1.29 is 27.5 Å². The second-order valence-electron chi connectivity index (χ2n) is 5.25. The number of anilines is 1. The van der Waals surface area contributed by atoms with E-state index in [1.165, 1.54) is 36.4 Å². The zero-order valence-electron chi connectivity index (χ0n) is 13.4. The highest BCUT2D eigenvalue weighted by atomic mass is 19.4. The number of hydrogen-bond acceptors (Lipinski definition) is 3. The number of amides is 1. The average Bonchev–Trinajstić information content (AvgIpc) is 2.59. The molecule has 2 rings (SSSR count). The Hall–Kier alpha value is -2.83. The van der Waals surface area contributed by atoms with E-state index in [-0.39, 0.29) is 5.56 Å². The van der Waals surface area contributed by atoms with Gasteiger partial charge in [-0.3, -0.25) is 4.79 Å². The van der Waals surface area contributed by atoms with Crippen LogP contribution < -0.4 is 5.32 Å². The first-order chi connectivity index (χ1) is 11.8. The standard InChI is InChI=1S/C18H16F3NO3/c1-2-10-25-17(24)12-6-8-15(9-7-12)22-16(23)13-4-3-5-14(11-13)18(19,20)21/h3-9,11H,2,10H2,1H3,(H,22,23). The van der Waals surface area contributed by atoms with Crippen LogP contribution in [0.1, 0.15) is 39.6 Å². The number of benzene rings is 2. The molecule has 0 spiro atoms. The van der Waals surface area contributed by atoms with Crippen molar-refractivity contribution in [2.24, 2.45) is 0 Å². The SMILES string of the molecule is CCCOC(=O)c1ccc(NC(=O)c2cccc(C(F)(F)F)c2)cc1. The van der Waals surface area contributed by atoms with E-state index in [1.807, 2.05) is 6.92 Å². The zero-order valence-corrected chi connectivity index (χ0v) is 13.4. The molecule has 0 fully saturated rings. The summed E-state index contributed by atoms with van der Waals surface area (Å²) in [6.45, 7) is 2.19. The molecule has 2 aromatic carbocycles. The van der Waals surface area contributed by atoms with Crippen molar-refractivity contribution in [3.8, 4) is 0 Å². The summed E-state index contributed by atoms with van der Waals surface area (Å²) < 4.78 is 43.1. The molecule has 0 aliphatic rings. The lowest BCUT2D eigenvalue weighted by atomic mass is 10.1. The van der Waals surface area contributed by atoms with Crippen molar-refractivity contribution in [2.45, 2.75) is 19.5 Å². The van der Waals surface area contributed by atoms with Crippen molar-refractivity contribution in [3.05, 3.63) is 65.2 Å². The Morgan fingerprint density at radius 1 is 1.04 bits per heavy atom. The first-order valence-electron chi connectivity index (χ1n) is 7.57. The van der Waals surface area contributed by atoms with Crippen LogP contribution in [0.25, 0.3) is 0 Å². The Labute approximate surface area is 142 Å². The molecule has 0 aromatic heterocycles. The second-order valence-corrected chi connectivity index (χ2v) is 5.25. The fraction of sp³-hybridized carbons (Fsp3) is 0.222. The molecule has 4 nitrogen and oxygen atoms in total. The quantitative estimate of drug-likeness (QED) is 0.806. The molecule has 25 heavy (non-hydrogen) atoms. The summed E-state index contributed by atoms with van der Waals surface area (Å²) in [7, 11) is 0. The summed E-state index contributed by atoms with van der Waals surface area (Å²) in [5.74, 6) is -1.15. The maximum absolute atomic E-state index is 12.7. The minimum Gasteiger partial charge on any atom is -0.462 e. The first-order valence-corrected chi connectivity index (χ1v) is 7.57. The summed E-state index contributed by atoms with van der Waals surface area (Å²) in [6, 6.07) is 10.0. The predicted molar refractivity (Wildman–Crippen MR) is 86.4 cm³/mol. The molecule has 0 aliphatic carbocycles. The second kappa shape index (κ2) is 7.83. The van der Waals surface area contributed by atoms with E-state index < -0.39 is 23.6 Å². The van der Waals surface area contributed by atoms with E-state index in [2.05, 4.69) is 5.32 Å². The number of halogens is 3. The number of rotatable bonds is 5. The Balaban J connectivity index is 2.07. The lowest BCUT2D eigenvalue weighted by Gasteiger charge is -2.10. The summed E-state index contributed by atoms with van der Waals surface area (Å²) >= 11 is 0. The van der Waals surface area contributed by atoms with E-state index in [4.69, 9.17) is 4.74 Å². The summed E-state index contributed by atoms with van der Waals surface area (Å²) in [6.07, 6.45) is -3.81. The van der Waals surface area contributed by atoms with Gasteiger partial charge in [0.15, 0.2) is 0 Å². The van der Waals surface area contributed by atoms with E-state index in [9.17, 15) is 22.8 Å². The molecule has 0 saturated carbocycles. The van der Waals surface area contributed by atoms with E-state index in [1.54, 1.807) is 0 Å². The van der Waals surface area contributed by atoms with Crippen LogP contribution in [0, 0.1) is 0 Å². The van der Waals surface area contributed by atoms with Crippen molar-refractivity contribution >= 4 is 17.6 Å². The van der Waals surface area contributed by atoms with Gasteiger partial charge < -0.3 is 10.1 Å². The van der Waals surface area contributed by atoms with Crippen LogP contribution in [0.2, 0.25) is 0 Å². The Morgan fingerprint density at radius 3 is 2.32 bits per heavy atom. The molecule has 1 amide bonds. The highest BCUT2D eigenvalue weighted by Gasteiger charge is 2.30. The van der Waals surface area contributed by atoms with Gasteiger partial charge in [-0.05, 0) is 48.9 Å². The predicted octanol–water partition coefficient (Wildman–Crippen LogP) is 4.52.